The summed E-state index contributed by atoms with van der Waals surface area (Å²) in [4.78, 5) is 27.3. The lowest BCUT2D eigenvalue weighted by Gasteiger charge is -2.24. The third-order valence-electron chi connectivity index (χ3n) is 4.82. The molecule has 1 unspecified atom stereocenters. The molecule has 1 heterocycles. The topological polar surface area (TPSA) is 46.6 Å². The average molecular weight is 355 g/mol. The number of benzene rings is 2. The lowest BCUT2D eigenvalue weighted by molar-refractivity contribution is -0.130. The van der Waals surface area contributed by atoms with Gasteiger partial charge >= 0.3 is 0 Å². The Morgan fingerprint density at radius 3 is 2.58 bits per heavy atom. The lowest BCUT2D eigenvalue weighted by Crippen LogP contribution is -2.41. The largest absolute Gasteiger partial charge is 0.496 e. The van der Waals surface area contributed by atoms with Crippen LogP contribution in [-0.2, 0) is 11.2 Å². The molecular formula is C21H22FNO3. The van der Waals surface area contributed by atoms with Crippen molar-refractivity contribution >= 4 is 11.7 Å². The minimum atomic E-state index is -0.434. The number of carbonyl (C=O) groups excluding carboxylic acids is 2. The number of hydrogen-bond acceptors (Lipinski definition) is 3. The van der Waals surface area contributed by atoms with Crippen LogP contribution in [0.1, 0.15) is 34.3 Å². The van der Waals surface area contributed by atoms with Crippen LogP contribution >= 0.6 is 0 Å². The molecule has 5 heteroatoms. The maximum absolute atomic E-state index is 13.0. The number of Topliss-reactive ketones (excluding diaryl/α,β-unsaturated/α-hetero) is 1. The number of rotatable bonds is 5. The van der Waals surface area contributed by atoms with Gasteiger partial charge in [-0.25, -0.2) is 4.39 Å². The van der Waals surface area contributed by atoms with E-state index in [2.05, 4.69) is 0 Å². The number of ether oxygens (including phenoxy) is 1. The van der Waals surface area contributed by atoms with Crippen LogP contribution in [0.5, 0.6) is 5.75 Å². The van der Waals surface area contributed by atoms with Gasteiger partial charge in [0.2, 0.25) is 5.91 Å². The summed E-state index contributed by atoms with van der Waals surface area (Å²) in [6.07, 6.45) is 1.64. The van der Waals surface area contributed by atoms with Crippen LogP contribution in [0.25, 0.3) is 0 Å². The predicted octanol–water partition coefficient (Wildman–Crippen LogP) is 3.56. The molecule has 0 spiro atoms. The molecule has 0 saturated carbocycles. The van der Waals surface area contributed by atoms with E-state index in [0.29, 0.717) is 18.5 Å². The molecule has 1 aliphatic heterocycles. The number of likely N-dealkylation sites (tertiary alicyclic amines) is 1. The predicted molar refractivity (Wildman–Crippen MR) is 96.9 cm³/mol. The van der Waals surface area contributed by atoms with Crippen LogP contribution in [0.4, 0.5) is 4.39 Å². The van der Waals surface area contributed by atoms with E-state index < -0.39 is 6.04 Å². The summed E-state index contributed by atoms with van der Waals surface area (Å²) in [5.74, 6) is 0.265. The maximum Gasteiger partial charge on any atom is 0.227 e. The van der Waals surface area contributed by atoms with Crippen molar-refractivity contribution in [1.82, 2.24) is 4.90 Å². The first-order valence-corrected chi connectivity index (χ1v) is 8.72. The van der Waals surface area contributed by atoms with Crippen molar-refractivity contribution in [3.8, 4) is 5.75 Å². The highest BCUT2D eigenvalue weighted by molar-refractivity contribution is 6.02. The van der Waals surface area contributed by atoms with Gasteiger partial charge in [-0.05, 0) is 61.2 Å². The number of ketones is 1. The van der Waals surface area contributed by atoms with E-state index in [1.807, 2.05) is 13.0 Å². The van der Waals surface area contributed by atoms with Gasteiger partial charge in [0.15, 0.2) is 5.78 Å². The Labute approximate surface area is 152 Å². The van der Waals surface area contributed by atoms with Gasteiger partial charge in [0.1, 0.15) is 11.6 Å². The zero-order valence-corrected chi connectivity index (χ0v) is 15.0. The van der Waals surface area contributed by atoms with Gasteiger partial charge in [0.05, 0.1) is 19.6 Å². The highest BCUT2D eigenvalue weighted by Crippen LogP contribution is 2.25. The van der Waals surface area contributed by atoms with Gasteiger partial charge in [0, 0.05) is 12.1 Å². The third kappa shape index (κ3) is 3.77. The molecule has 2 aromatic rings. The Kier molecular flexibility index (Phi) is 5.35. The Bertz CT molecular complexity index is 817. The first kappa shape index (κ1) is 18.1. The Morgan fingerprint density at radius 2 is 1.92 bits per heavy atom. The molecule has 1 amide bonds. The Hall–Kier alpha value is -2.69. The number of carbonyl (C=O) groups is 2. The standard InChI is InChI=1S/C21H22FNO3/c1-14-12-16(7-10-19(14)26-2)21(25)18-4-3-11-23(18)20(24)13-15-5-8-17(22)9-6-15/h5-10,12,18H,3-4,11,13H2,1-2H3. The van der Waals surface area contributed by atoms with Gasteiger partial charge in [-0.2, -0.15) is 0 Å². The summed E-state index contributed by atoms with van der Waals surface area (Å²) in [5, 5.41) is 0. The van der Waals surface area contributed by atoms with E-state index in [-0.39, 0.29) is 23.9 Å². The van der Waals surface area contributed by atoms with E-state index in [1.165, 1.54) is 12.1 Å². The van der Waals surface area contributed by atoms with Crippen molar-refractivity contribution in [3.63, 3.8) is 0 Å². The smallest absolute Gasteiger partial charge is 0.227 e. The van der Waals surface area contributed by atoms with Crippen molar-refractivity contribution in [2.45, 2.75) is 32.2 Å². The molecule has 0 bridgehead atoms. The molecule has 2 aromatic carbocycles. The highest BCUT2D eigenvalue weighted by atomic mass is 19.1. The summed E-state index contributed by atoms with van der Waals surface area (Å²) >= 11 is 0. The van der Waals surface area contributed by atoms with Crippen LogP contribution in [0, 0.1) is 12.7 Å². The van der Waals surface area contributed by atoms with Crippen LogP contribution < -0.4 is 4.74 Å². The second-order valence-corrected chi connectivity index (χ2v) is 6.60. The van der Waals surface area contributed by atoms with E-state index in [9.17, 15) is 14.0 Å². The minimum absolute atomic E-state index is 0.0410. The SMILES string of the molecule is COc1ccc(C(=O)C2CCCN2C(=O)Cc2ccc(F)cc2)cc1C. The summed E-state index contributed by atoms with van der Waals surface area (Å²) in [6.45, 7) is 2.47. The van der Waals surface area contributed by atoms with E-state index in [1.54, 1.807) is 36.3 Å². The molecule has 3 rings (SSSR count). The van der Waals surface area contributed by atoms with Crippen molar-refractivity contribution in [1.29, 1.82) is 0 Å². The molecule has 0 radical (unpaired) electrons. The summed E-state index contributed by atoms with van der Waals surface area (Å²) in [6, 6.07) is 10.8. The second-order valence-electron chi connectivity index (χ2n) is 6.60. The van der Waals surface area contributed by atoms with E-state index >= 15 is 0 Å². The van der Waals surface area contributed by atoms with Gasteiger partial charge < -0.3 is 9.64 Å². The molecule has 26 heavy (non-hydrogen) atoms. The highest BCUT2D eigenvalue weighted by Gasteiger charge is 2.34. The number of amides is 1. The molecule has 1 aliphatic rings. The van der Waals surface area contributed by atoms with Crippen molar-refractivity contribution in [2.24, 2.45) is 0 Å². The zero-order valence-electron chi connectivity index (χ0n) is 15.0. The number of methoxy groups -OCH3 is 1. The van der Waals surface area contributed by atoms with Crippen molar-refractivity contribution in [2.75, 3.05) is 13.7 Å². The molecule has 4 nitrogen and oxygen atoms in total. The molecule has 0 aliphatic carbocycles. The molecule has 0 aromatic heterocycles. The molecule has 0 N–H and O–H groups in total. The van der Waals surface area contributed by atoms with Crippen molar-refractivity contribution < 1.29 is 18.7 Å². The fraction of sp³-hybridized carbons (Fsp3) is 0.333. The van der Waals surface area contributed by atoms with E-state index in [4.69, 9.17) is 4.74 Å². The quantitative estimate of drug-likeness (QED) is 0.771. The van der Waals surface area contributed by atoms with Gasteiger partial charge in [-0.15, -0.1) is 0 Å². The molecule has 1 fully saturated rings. The minimum Gasteiger partial charge on any atom is -0.496 e. The number of hydrogen-bond donors (Lipinski definition) is 0. The fourth-order valence-electron chi connectivity index (χ4n) is 3.44. The van der Waals surface area contributed by atoms with Gasteiger partial charge in [-0.1, -0.05) is 12.1 Å². The van der Waals surface area contributed by atoms with Crippen LogP contribution in [0.15, 0.2) is 42.5 Å². The second kappa shape index (κ2) is 7.68. The van der Waals surface area contributed by atoms with Crippen molar-refractivity contribution in [3.05, 3.63) is 65.0 Å². The van der Waals surface area contributed by atoms with Gasteiger partial charge in [-0.3, -0.25) is 9.59 Å². The zero-order chi connectivity index (χ0) is 18.7. The molecule has 1 saturated heterocycles. The first-order chi connectivity index (χ1) is 12.5. The van der Waals surface area contributed by atoms with E-state index in [0.717, 1.165) is 23.3 Å². The number of halogens is 1. The molecular weight excluding hydrogens is 333 g/mol. The van der Waals surface area contributed by atoms with Gasteiger partial charge in [0.25, 0.3) is 0 Å². The number of nitrogens with zero attached hydrogens (tertiary/aromatic N) is 1. The monoisotopic (exact) mass is 355 g/mol. The summed E-state index contributed by atoms with van der Waals surface area (Å²) < 4.78 is 18.3. The summed E-state index contributed by atoms with van der Waals surface area (Å²) in [5.41, 5.74) is 2.23. The van der Waals surface area contributed by atoms with Crippen LogP contribution in [-0.4, -0.2) is 36.3 Å². The average Bonchev–Trinajstić information content (AvgIpc) is 3.13. The Balaban J connectivity index is 1.74. The molecule has 1 atom stereocenters. The number of aryl methyl sites for hydroxylation is 1. The third-order valence-corrected chi connectivity index (χ3v) is 4.82. The Morgan fingerprint density at radius 1 is 1.19 bits per heavy atom. The first-order valence-electron chi connectivity index (χ1n) is 8.72. The van der Waals surface area contributed by atoms with Crippen LogP contribution in [0.2, 0.25) is 0 Å². The fourth-order valence-corrected chi connectivity index (χ4v) is 3.44. The summed E-state index contributed by atoms with van der Waals surface area (Å²) in [7, 11) is 1.59. The lowest BCUT2D eigenvalue weighted by atomic mass is 9.99. The maximum atomic E-state index is 13.0. The normalized spacial score (nSPS) is 16.6. The molecule has 136 valence electrons. The van der Waals surface area contributed by atoms with Crippen LogP contribution in [0.3, 0.4) is 0 Å².